The van der Waals surface area contributed by atoms with Gasteiger partial charge < -0.3 is 5.11 Å². The Morgan fingerprint density at radius 2 is 2.21 bits per heavy atom. The molecular weight excluding hydrogens is 222 g/mol. The van der Waals surface area contributed by atoms with Crippen LogP contribution in [-0.2, 0) is 0 Å². The highest BCUT2D eigenvalue weighted by molar-refractivity contribution is 6.30. The Hall–Kier alpha value is -1.50. The first-order chi connectivity index (χ1) is 6.45. The molecule has 0 aliphatic carbocycles. The molecule has 0 saturated carbocycles. The molecule has 76 valence electrons. The number of hydrogen-bond acceptors (Lipinski definition) is 4. The van der Waals surface area contributed by atoms with Crippen LogP contribution >= 0.6 is 11.6 Å². The van der Waals surface area contributed by atoms with Gasteiger partial charge in [-0.1, -0.05) is 11.6 Å². The van der Waals surface area contributed by atoms with E-state index in [1.165, 1.54) is 0 Å². The first-order valence-corrected chi connectivity index (χ1v) is 3.62. The molecule has 1 aromatic heterocycles. The van der Waals surface area contributed by atoms with Crippen LogP contribution in [0.4, 0.5) is 14.5 Å². The highest BCUT2D eigenvalue weighted by Crippen LogP contribution is 2.38. The summed E-state index contributed by atoms with van der Waals surface area (Å²) in [6, 6.07) is 0. The highest BCUT2D eigenvalue weighted by Gasteiger charge is 2.28. The molecular formula is C6H3ClF2N2O3. The van der Waals surface area contributed by atoms with Gasteiger partial charge in [0.1, 0.15) is 11.8 Å². The molecule has 5 nitrogen and oxygen atoms in total. The molecule has 1 N–H and O–H groups in total. The summed E-state index contributed by atoms with van der Waals surface area (Å²) >= 11 is 5.22. The largest absolute Gasteiger partial charge is 0.504 e. The van der Waals surface area contributed by atoms with Crippen LogP contribution in [0.2, 0.25) is 5.15 Å². The summed E-state index contributed by atoms with van der Waals surface area (Å²) in [6.07, 6.45) is -2.61. The summed E-state index contributed by atoms with van der Waals surface area (Å²) in [5.74, 6) is -1.06. The number of aromatic hydroxyl groups is 1. The summed E-state index contributed by atoms with van der Waals surface area (Å²) in [6.45, 7) is 0. The molecule has 1 aromatic rings. The Kier molecular flexibility index (Phi) is 2.80. The molecule has 0 unspecified atom stereocenters. The van der Waals surface area contributed by atoms with Gasteiger partial charge in [0.05, 0.1) is 4.92 Å². The van der Waals surface area contributed by atoms with Gasteiger partial charge in [0.15, 0.2) is 10.9 Å². The zero-order valence-electron chi connectivity index (χ0n) is 6.45. The lowest BCUT2D eigenvalue weighted by Crippen LogP contribution is -1.98. The molecule has 0 radical (unpaired) electrons. The minimum atomic E-state index is -3.18. The lowest BCUT2D eigenvalue weighted by molar-refractivity contribution is -0.386. The van der Waals surface area contributed by atoms with E-state index in [4.69, 9.17) is 16.7 Å². The van der Waals surface area contributed by atoms with Crippen LogP contribution in [-0.4, -0.2) is 15.0 Å². The molecule has 0 amide bonds. The van der Waals surface area contributed by atoms with E-state index in [1.54, 1.807) is 0 Å². The second-order valence-corrected chi connectivity index (χ2v) is 2.61. The van der Waals surface area contributed by atoms with Gasteiger partial charge in [0.2, 0.25) is 0 Å². The highest BCUT2D eigenvalue weighted by atomic mass is 35.5. The van der Waals surface area contributed by atoms with Crippen molar-refractivity contribution in [2.75, 3.05) is 0 Å². The van der Waals surface area contributed by atoms with E-state index in [2.05, 4.69) is 4.98 Å². The van der Waals surface area contributed by atoms with E-state index in [1.807, 2.05) is 0 Å². The fourth-order valence-corrected chi connectivity index (χ4v) is 0.992. The number of rotatable bonds is 2. The number of alkyl halides is 2. The van der Waals surface area contributed by atoms with Crippen molar-refractivity contribution in [2.24, 2.45) is 0 Å². The molecule has 0 aromatic carbocycles. The van der Waals surface area contributed by atoms with Crippen molar-refractivity contribution in [3.05, 3.63) is 27.0 Å². The lowest BCUT2D eigenvalue weighted by Gasteiger charge is -2.04. The van der Waals surface area contributed by atoms with Crippen molar-refractivity contribution < 1.29 is 18.8 Å². The van der Waals surface area contributed by atoms with Crippen molar-refractivity contribution >= 4 is 17.3 Å². The monoisotopic (exact) mass is 224 g/mol. The summed E-state index contributed by atoms with van der Waals surface area (Å²) < 4.78 is 24.6. The lowest BCUT2D eigenvalue weighted by atomic mass is 10.2. The molecule has 0 aliphatic heterocycles. The van der Waals surface area contributed by atoms with Crippen LogP contribution in [0.3, 0.4) is 0 Å². The molecule has 14 heavy (non-hydrogen) atoms. The number of nitrogens with zero attached hydrogens (tertiary/aromatic N) is 2. The average Bonchev–Trinajstić information content (AvgIpc) is 2.08. The van der Waals surface area contributed by atoms with E-state index in [-0.39, 0.29) is 0 Å². The number of halogens is 3. The predicted octanol–water partition coefficient (Wildman–Crippen LogP) is 2.29. The average molecular weight is 225 g/mol. The number of pyridine rings is 1. The van der Waals surface area contributed by atoms with Gasteiger partial charge in [-0.05, 0) is 0 Å². The first kappa shape index (κ1) is 10.6. The van der Waals surface area contributed by atoms with Gasteiger partial charge in [-0.25, -0.2) is 13.8 Å². The SMILES string of the molecule is O=[N+]([O-])c1cnc(Cl)c(O)c1C(F)F. The normalized spacial score (nSPS) is 10.6. The van der Waals surface area contributed by atoms with Crippen molar-refractivity contribution in [1.29, 1.82) is 0 Å². The van der Waals surface area contributed by atoms with Gasteiger partial charge in [0, 0.05) is 0 Å². The smallest absolute Gasteiger partial charge is 0.300 e. The third kappa shape index (κ3) is 1.72. The standard InChI is InChI=1S/C6H3ClF2N2O3/c7-5-4(12)3(6(8)9)2(1-10-5)11(13)14/h1,6,12H. The van der Waals surface area contributed by atoms with Crippen LogP contribution < -0.4 is 0 Å². The second-order valence-electron chi connectivity index (χ2n) is 2.25. The Bertz CT molecular complexity index is 386. The van der Waals surface area contributed by atoms with Gasteiger partial charge in [-0.15, -0.1) is 0 Å². The zero-order chi connectivity index (χ0) is 10.9. The Labute approximate surface area is 81.1 Å². The maximum atomic E-state index is 12.3. The fraction of sp³-hybridized carbons (Fsp3) is 0.167. The van der Waals surface area contributed by atoms with E-state index < -0.39 is 33.5 Å². The number of aromatic nitrogens is 1. The minimum absolute atomic E-state index is 0.573. The summed E-state index contributed by atoms with van der Waals surface area (Å²) in [5, 5.41) is 18.7. The molecule has 0 fully saturated rings. The Balaban J connectivity index is 3.45. The van der Waals surface area contributed by atoms with E-state index >= 15 is 0 Å². The zero-order valence-corrected chi connectivity index (χ0v) is 7.20. The van der Waals surface area contributed by atoms with Crippen LogP contribution in [0.25, 0.3) is 0 Å². The molecule has 0 aliphatic rings. The molecule has 8 heteroatoms. The third-order valence-corrected chi connectivity index (χ3v) is 1.72. The van der Waals surface area contributed by atoms with Crippen molar-refractivity contribution in [2.45, 2.75) is 6.43 Å². The van der Waals surface area contributed by atoms with Crippen molar-refractivity contribution in [3.8, 4) is 5.75 Å². The molecule has 0 saturated heterocycles. The van der Waals surface area contributed by atoms with Crippen LogP contribution in [0.5, 0.6) is 5.75 Å². The quantitative estimate of drug-likeness (QED) is 0.475. The summed E-state index contributed by atoms with van der Waals surface area (Å²) in [4.78, 5) is 12.4. The Morgan fingerprint density at radius 3 is 2.64 bits per heavy atom. The fourth-order valence-electron chi connectivity index (χ4n) is 0.842. The maximum Gasteiger partial charge on any atom is 0.300 e. The second kappa shape index (κ2) is 3.70. The number of nitro groups is 1. The van der Waals surface area contributed by atoms with Crippen LogP contribution in [0.1, 0.15) is 12.0 Å². The van der Waals surface area contributed by atoms with E-state index in [0.29, 0.717) is 6.20 Å². The van der Waals surface area contributed by atoms with Gasteiger partial charge in [-0.2, -0.15) is 0 Å². The van der Waals surface area contributed by atoms with E-state index in [9.17, 15) is 18.9 Å². The first-order valence-electron chi connectivity index (χ1n) is 3.25. The molecule has 0 spiro atoms. The van der Waals surface area contributed by atoms with Gasteiger partial charge in [-0.3, -0.25) is 10.1 Å². The summed E-state index contributed by atoms with van der Waals surface area (Å²) in [7, 11) is 0. The summed E-state index contributed by atoms with van der Waals surface area (Å²) in [5.41, 5.74) is -2.07. The molecule has 0 bridgehead atoms. The van der Waals surface area contributed by atoms with Gasteiger partial charge >= 0.3 is 0 Å². The van der Waals surface area contributed by atoms with Crippen LogP contribution in [0.15, 0.2) is 6.20 Å². The minimum Gasteiger partial charge on any atom is -0.504 e. The third-order valence-electron chi connectivity index (χ3n) is 1.44. The topological polar surface area (TPSA) is 76.3 Å². The predicted molar refractivity (Wildman–Crippen MR) is 42.5 cm³/mol. The molecule has 1 rings (SSSR count). The van der Waals surface area contributed by atoms with Gasteiger partial charge in [0.25, 0.3) is 12.1 Å². The Morgan fingerprint density at radius 1 is 1.64 bits per heavy atom. The molecule has 0 atom stereocenters. The van der Waals surface area contributed by atoms with E-state index in [0.717, 1.165) is 0 Å². The van der Waals surface area contributed by atoms with Crippen LogP contribution in [0, 0.1) is 10.1 Å². The number of hydrogen-bond donors (Lipinski definition) is 1. The van der Waals surface area contributed by atoms with Crippen molar-refractivity contribution in [3.63, 3.8) is 0 Å². The molecule has 1 heterocycles. The maximum absolute atomic E-state index is 12.3. The van der Waals surface area contributed by atoms with Crippen molar-refractivity contribution in [1.82, 2.24) is 4.98 Å².